The lowest BCUT2D eigenvalue weighted by Crippen LogP contribution is -2.44. The van der Waals surface area contributed by atoms with Gasteiger partial charge in [-0.05, 0) is 27.2 Å². The van der Waals surface area contributed by atoms with Crippen LogP contribution >= 0.6 is 0 Å². The second-order valence-electron chi connectivity index (χ2n) is 4.85. The fourth-order valence-electron chi connectivity index (χ4n) is 1.42. The number of anilines is 1. The molecule has 0 aliphatic rings. The molecule has 1 amide bonds. The molecule has 0 atom stereocenters. The lowest BCUT2D eigenvalue weighted by atomic mass is 10.00. The Labute approximate surface area is 109 Å². The van der Waals surface area contributed by atoms with E-state index in [1.54, 1.807) is 18.1 Å². The number of nitrogens with zero attached hydrogens (tertiary/aromatic N) is 3. The van der Waals surface area contributed by atoms with Crippen LogP contribution in [0.3, 0.4) is 0 Å². The fraction of sp³-hybridized carbons (Fsp3) is 0.615. The van der Waals surface area contributed by atoms with Crippen LogP contribution in [0.5, 0.6) is 0 Å². The summed E-state index contributed by atoms with van der Waals surface area (Å²) in [6, 6.07) is 0. The Hall–Kier alpha value is -1.65. The number of hydrogen-bond donors (Lipinski definition) is 1. The van der Waals surface area contributed by atoms with E-state index in [4.69, 9.17) is 0 Å². The Bertz CT molecular complexity index is 417. The van der Waals surface area contributed by atoms with Crippen LogP contribution in [0, 0.1) is 0 Å². The topological polar surface area (TPSA) is 58.1 Å². The van der Waals surface area contributed by atoms with Crippen molar-refractivity contribution in [1.29, 1.82) is 0 Å². The Morgan fingerprint density at radius 1 is 1.39 bits per heavy atom. The number of aromatic nitrogens is 2. The van der Waals surface area contributed by atoms with Crippen LogP contribution < -0.4 is 5.32 Å². The summed E-state index contributed by atoms with van der Waals surface area (Å²) < 4.78 is 0. The molecule has 1 rings (SSSR count). The first kappa shape index (κ1) is 14.4. The molecule has 0 fully saturated rings. The number of nitrogens with one attached hydrogen (secondary N) is 1. The highest BCUT2D eigenvalue weighted by molar-refractivity contribution is 5.92. The zero-order valence-electron chi connectivity index (χ0n) is 11.8. The predicted molar refractivity (Wildman–Crippen MR) is 72.7 cm³/mol. The molecule has 0 bridgehead atoms. The fourth-order valence-corrected chi connectivity index (χ4v) is 1.42. The molecule has 0 aromatic carbocycles. The maximum absolute atomic E-state index is 12.3. The van der Waals surface area contributed by atoms with E-state index in [0.717, 1.165) is 13.0 Å². The van der Waals surface area contributed by atoms with E-state index < -0.39 is 0 Å². The van der Waals surface area contributed by atoms with Gasteiger partial charge in [0.25, 0.3) is 5.91 Å². The van der Waals surface area contributed by atoms with Gasteiger partial charge in [0.05, 0.1) is 12.4 Å². The first-order valence-corrected chi connectivity index (χ1v) is 6.26. The summed E-state index contributed by atoms with van der Waals surface area (Å²) in [6.07, 6.45) is 4.01. The molecule has 18 heavy (non-hydrogen) atoms. The van der Waals surface area contributed by atoms with E-state index in [2.05, 4.69) is 22.2 Å². The van der Waals surface area contributed by atoms with E-state index >= 15 is 0 Å². The molecule has 1 aromatic rings. The second kappa shape index (κ2) is 5.80. The predicted octanol–water partition coefficient (Wildman–Crippen LogP) is 2.17. The summed E-state index contributed by atoms with van der Waals surface area (Å²) >= 11 is 0. The van der Waals surface area contributed by atoms with E-state index in [-0.39, 0.29) is 11.4 Å². The molecule has 100 valence electrons. The summed E-state index contributed by atoms with van der Waals surface area (Å²) in [6.45, 7) is 8.86. The van der Waals surface area contributed by atoms with Gasteiger partial charge in [-0.25, -0.2) is 4.98 Å². The van der Waals surface area contributed by atoms with Gasteiger partial charge in [0, 0.05) is 19.1 Å². The average molecular weight is 250 g/mol. The van der Waals surface area contributed by atoms with Gasteiger partial charge in [0.15, 0.2) is 0 Å². The van der Waals surface area contributed by atoms with Crippen molar-refractivity contribution in [3.8, 4) is 0 Å². The van der Waals surface area contributed by atoms with Gasteiger partial charge in [-0.2, -0.15) is 0 Å². The van der Waals surface area contributed by atoms with Crippen LogP contribution in [0.15, 0.2) is 12.4 Å². The minimum Gasteiger partial charge on any atom is -0.369 e. The molecule has 5 nitrogen and oxygen atoms in total. The Morgan fingerprint density at radius 2 is 2.06 bits per heavy atom. The van der Waals surface area contributed by atoms with Gasteiger partial charge in [0.2, 0.25) is 0 Å². The highest BCUT2D eigenvalue weighted by atomic mass is 16.2. The van der Waals surface area contributed by atoms with E-state index in [1.807, 2.05) is 20.8 Å². The minimum atomic E-state index is -0.188. The van der Waals surface area contributed by atoms with Gasteiger partial charge in [0.1, 0.15) is 11.5 Å². The van der Waals surface area contributed by atoms with Crippen LogP contribution in [0.2, 0.25) is 0 Å². The van der Waals surface area contributed by atoms with Crippen molar-refractivity contribution in [2.75, 3.05) is 18.9 Å². The second-order valence-corrected chi connectivity index (χ2v) is 4.85. The summed E-state index contributed by atoms with van der Waals surface area (Å²) in [4.78, 5) is 22.3. The maximum Gasteiger partial charge on any atom is 0.274 e. The summed E-state index contributed by atoms with van der Waals surface area (Å²) in [7, 11) is 1.80. The summed E-state index contributed by atoms with van der Waals surface area (Å²) in [5, 5.41) is 3.05. The first-order chi connectivity index (χ1) is 8.42. The summed E-state index contributed by atoms with van der Waals surface area (Å²) in [5.41, 5.74) is 0.185. The molecule has 0 saturated heterocycles. The minimum absolute atomic E-state index is 0.103. The number of carbonyl (C=O) groups excluding carboxylic acids is 1. The molecule has 1 heterocycles. The van der Waals surface area contributed by atoms with Crippen molar-refractivity contribution >= 4 is 11.7 Å². The van der Waals surface area contributed by atoms with Crippen LogP contribution in [0.25, 0.3) is 0 Å². The molecule has 0 radical (unpaired) electrons. The van der Waals surface area contributed by atoms with Crippen molar-refractivity contribution in [2.24, 2.45) is 0 Å². The van der Waals surface area contributed by atoms with Crippen LogP contribution in [-0.4, -0.2) is 39.9 Å². The third kappa shape index (κ3) is 3.18. The average Bonchev–Trinajstić information content (AvgIpc) is 2.37. The molecule has 0 aliphatic carbocycles. The van der Waals surface area contributed by atoms with Crippen molar-refractivity contribution in [3.05, 3.63) is 18.1 Å². The molecular weight excluding hydrogens is 228 g/mol. The van der Waals surface area contributed by atoms with Crippen LogP contribution in [0.4, 0.5) is 5.82 Å². The van der Waals surface area contributed by atoms with Gasteiger partial charge in [-0.3, -0.25) is 9.78 Å². The summed E-state index contributed by atoms with van der Waals surface area (Å²) in [5.74, 6) is 0.528. The first-order valence-electron chi connectivity index (χ1n) is 6.26. The van der Waals surface area contributed by atoms with E-state index in [1.165, 1.54) is 6.20 Å². The quantitative estimate of drug-likeness (QED) is 0.870. The lowest BCUT2D eigenvalue weighted by molar-refractivity contribution is 0.0614. The van der Waals surface area contributed by atoms with Crippen molar-refractivity contribution in [3.63, 3.8) is 0 Å². The van der Waals surface area contributed by atoms with Gasteiger partial charge in [-0.1, -0.05) is 6.92 Å². The molecule has 1 N–H and O–H groups in total. The Balaban J connectivity index is 2.93. The highest BCUT2D eigenvalue weighted by Gasteiger charge is 2.27. The molecule has 1 aromatic heterocycles. The molecular formula is C13H22N4O. The van der Waals surface area contributed by atoms with Gasteiger partial charge >= 0.3 is 0 Å². The van der Waals surface area contributed by atoms with Crippen LogP contribution in [0.1, 0.15) is 44.6 Å². The SMILES string of the molecule is CCNc1cncc(C(=O)N(C)C(C)(C)CC)n1. The van der Waals surface area contributed by atoms with E-state index in [0.29, 0.717) is 11.5 Å². The van der Waals surface area contributed by atoms with Gasteiger partial charge < -0.3 is 10.2 Å². The van der Waals surface area contributed by atoms with E-state index in [9.17, 15) is 4.79 Å². The zero-order chi connectivity index (χ0) is 13.8. The Morgan fingerprint density at radius 3 is 2.61 bits per heavy atom. The zero-order valence-corrected chi connectivity index (χ0v) is 11.8. The number of hydrogen-bond acceptors (Lipinski definition) is 4. The molecule has 0 aliphatic heterocycles. The number of carbonyl (C=O) groups is 1. The van der Waals surface area contributed by atoms with Crippen molar-refractivity contribution in [2.45, 2.75) is 39.7 Å². The molecule has 0 spiro atoms. The standard InChI is InChI=1S/C13H22N4O/c1-6-13(3,4)17(5)12(18)10-8-14-9-11(16-10)15-7-2/h8-9H,6-7H2,1-5H3,(H,15,16). The number of amides is 1. The monoisotopic (exact) mass is 250 g/mol. The molecule has 0 saturated carbocycles. The van der Waals surface area contributed by atoms with Crippen molar-refractivity contribution < 1.29 is 4.79 Å². The van der Waals surface area contributed by atoms with Crippen molar-refractivity contribution in [1.82, 2.24) is 14.9 Å². The maximum atomic E-state index is 12.3. The van der Waals surface area contributed by atoms with Gasteiger partial charge in [-0.15, -0.1) is 0 Å². The van der Waals surface area contributed by atoms with Crippen LogP contribution in [-0.2, 0) is 0 Å². The third-order valence-electron chi connectivity index (χ3n) is 3.29. The number of rotatable bonds is 5. The smallest absolute Gasteiger partial charge is 0.274 e. The highest BCUT2D eigenvalue weighted by Crippen LogP contribution is 2.18. The lowest BCUT2D eigenvalue weighted by Gasteiger charge is -2.34. The molecule has 5 heteroatoms. The Kier molecular flexibility index (Phi) is 4.64. The normalized spacial score (nSPS) is 11.2. The largest absolute Gasteiger partial charge is 0.369 e. The third-order valence-corrected chi connectivity index (χ3v) is 3.29. The molecule has 0 unspecified atom stereocenters.